The molecule has 1 fully saturated rings. The van der Waals surface area contributed by atoms with Crippen LogP contribution in [-0.4, -0.2) is 49.1 Å². The lowest BCUT2D eigenvalue weighted by atomic mass is 9.95. The molecule has 1 aliphatic heterocycles. The standard InChI is InChI=1S/C20H25N3O2S2/c1-26-18-6-3-2-5-16(18)22-20(25)19(24)21-10-13-23-11-8-15(9-12-23)17-7-4-14-27-17/h2-7,14-15H,8-13H2,1H3,(H,21,24)(H,22,25). The van der Waals surface area contributed by atoms with Gasteiger partial charge in [-0.2, -0.15) is 0 Å². The van der Waals surface area contributed by atoms with Crippen molar-refractivity contribution in [2.75, 3.05) is 37.8 Å². The highest BCUT2D eigenvalue weighted by atomic mass is 32.2. The molecule has 0 aliphatic carbocycles. The summed E-state index contributed by atoms with van der Waals surface area (Å²) in [6.07, 6.45) is 4.24. The summed E-state index contributed by atoms with van der Waals surface area (Å²) in [5, 5.41) is 7.55. The highest BCUT2D eigenvalue weighted by Crippen LogP contribution is 2.30. The van der Waals surface area contributed by atoms with Gasteiger partial charge >= 0.3 is 11.8 Å². The largest absolute Gasteiger partial charge is 0.347 e. The van der Waals surface area contributed by atoms with Crippen molar-refractivity contribution in [1.29, 1.82) is 0 Å². The Morgan fingerprint density at radius 2 is 1.93 bits per heavy atom. The molecule has 1 aromatic carbocycles. The zero-order chi connectivity index (χ0) is 19.1. The van der Waals surface area contributed by atoms with Gasteiger partial charge in [-0.1, -0.05) is 18.2 Å². The molecule has 27 heavy (non-hydrogen) atoms. The molecule has 5 nitrogen and oxygen atoms in total. The number of likely N-dealkylation sites (tertiary alicyclic amines) is 1. The van der Waals surface area contributed by atoms with Gasteiger partial charge < -0.3 is 15.5 Å². The Bertz CT molecular complexity index is 756. The van der Waals surface area contributed by atoms with Crippen molar-refractivity contribution >= 4 is 40.6 Å². The Hall–Kier alpha value is -1.83. The van der Waals surface area contributed by atoms with E-state index in [2.05, 4.69) is 33.0 Å². The number of hydrogen-bond acceptors (Lipinski definition) is 5. The first-order chi connectivity index (χ1) is 13.2. The number of benzene rings is 1. The summed E-state index contributed by atoms with van der Waals surface area (Å²) in [7, 11) is 0. The third-order valence-electron chi connectivity index (χ3n) is 4.81. The molecule has 3 rings (SSSR count). The van der Waals surface area contributed by atoms with E-state index in [9.17, 15) is 9.59 Å². The number of amides is 2. The number of carbonyl (C=O) groups is 2. The van der Waals surface area contributed by atoms with Crippen molar-refractivity contribution in [2.45, 2.75) is 23.7 Å². The second-order valence-corrected chi connectivity index (χ2v) is 8.37. The van der Waals surface area contributed by atoms with Gasteiger partial charge in [0, 0.05) is 22.9 Å². The highest BCUT2D eigenvalue weighted by Gasteiger charge is 2.21. The van der Waals surface area contributed by atoms with Gasteiger partial charge in [-0.3, -0.25) is 9.59 Å². The van der Waals surface area contributed by atoms with E-state index in [1.165, 1.54) is 16.6 Å². The summed E-state index contributed by atoms with van der Waals surface area (Å²) >= 11 is 3.37. The molecule has 0 unspecified atom stereocenters. The van der Waals surface area contributed by atoms with Crippen LogP contribution in [0, 0.1) is 0 Å². The summed E-state index contributed by atoms with van der Waals surface area (Å²) in [5.41, 5.74) is 0.667. The molecule has 1 aromatic heterocycles. The van der Waals surface area contributed by atoms with Crippen molar-refractivity contribution in [3.05, 3.63) is 46.7 Å². The van der Waals surface area contributed by atoms with Crippen LogP contribution >= 0.6 is 23.1 Å². The molecule has 0 spiro atoms. The molecule has 7 heteroatoms. The first-order valence-corrected chi connectivity index (χ1v) is 11.3. The highest BCUT2D eigenvalue weighted by molar-refractivity contribution is 7.98. The van der Waals surface area contributed by atoms with Crippen molar-refractivity contribution in [1.82, 2.24) is 10.2 Å². The summed E-state index contributed by atoms with van der Waals surface area (Å²) < 4.78 is 0. The fourth-order valence-corrected chi connectivity index (χ4v) is 4.75. The monoisotopic (exact) mass is 403 g/mol. The maximum absolute atomic E-state index is 12.1. The van der Waals surface area contributed by atoms with Crippen LogP contribution in [0.5, 0.6) is 0 Å². The maximum Gasteiger partial charge on any atom is 0.313 e. The average Bonchev–Trinajstić information content (AvgIpc) is 3.23. The van der Waals surface area contributed by atoms with E-state index in [0.717, 1.165) is 37.4 Å². The van der Waals surface area contributed by atoms with Crippen LogP contribution in [-0.2, 0) is 9.59 Å². The zero-order valence-electron chi connectivity index (χ0n) is 15.4. The van der Waals surface area contributed by atoms with Crippen LogP contribution in [0.15, 0.2) is 46.7 Å². The number of thiophene rings is 1. The van der Waals surface area contributed by atoms with Gasteiger partial charge in [-0.05, 0) is 61.7 Å². The van der Waals surface area contributed by atoms with Gasteiger partial charge in [0.05, 0.1) is 5.69 Å². The summed E-state index contributed by atoms with van der Waals surface area (Å²) in [6.45, 7) is 3.33. The second kappa shape index (κ2) is 9.92. The molecule has 0 bridgehead atoms. The third kappa shape index (κ3) is 5.57. The van der Waals surface area contributed by atoms with E-state index in [1.807, 2.05) is 35.8 Å². The number of piperidine rings is 1. The number of rotatable bonds is 6. The second-order valence-electron chi connectivity index (χ2n) is 6.54. The minimum Gasteiger partial charge on any atom is -0.347 e. The Morgan fingerprint density at radius 3 is 2.63 bits per heavy atom. The number of hydrogen-bond donors (Lipinski definition) is 2. The van der Waals surface area contributed by atoms with Crippen LogP contribution < -0.4 is 10.6 Å². The van der Waals surface area contributed by atoms with Gasteiger partial charge in [0.25, 0.3) is 0 Å². The van der Waals surface area contributed by atoms with Gasteiger partial charge in [0.2, 0.25) is 0 Å². The molecule has 0 radical (unpaired) electrons. The molecular formula is C20H25N3O2S2. The van der Waals surface area contributed by atoms with Crippen LogP contribution in [0.3, 0.4) is 0 Å². The molecule has 0 atom stereocenters. The lowest BCUT2D eigenvalue weighted by Gasteiger charge is -2.31. The number of thioether (sulfide) groups is 1. The molecule has 144 valence electrons. The molecule has 2 amide bonds. The molecule has 1 aliphatic rings. The quantitative estimate of drug-likeness (QED) is 0.573. The number of nitrogens with one attached hydrogen (secondary N) is 2. The van der Waals surface area contributed by atoms with E-state index >= 15 is 0 Å². The predicted molar refractivity (Wildman–Crippen MR) is 113 cm³/mol. The van der Waals surface area contributed by atoms with Gasteiger partial charge in [0.15, 0.2) is 0 Å². The number of nitrogens with zero attached hydrogens (tertiary/aromatic N) is 1. The average molecular weight is 404 g/mol. The Balaban J connectivity index is 1.37. The van der Waals surface area contributed by atoms with Gasteiger partial charge in [-0.15, -0.1) is 23.1 Å². The minimum absolute atomic E-state index is 0.486. The molecule has 2 N–H and O–H groups in total. The summed E-state index contributed by atoms with van der Waals surface area (Å²) in [5.74, 6) is -0.537. The SMILES string of the molecule is CSc1ccccc1NC(=O)C(=O)NCCN1CCC(c2cccs2)CC1. The van der Waals surface area contributed by atoms with E-state index in [0.29, 0.717) is 18.2 Å². The molecule has 1 saturated heterocycles. The molecule has 2 heterocycles. The van der Waals surface area contributed by atoms with Crippen molar-refractivity contribution in [3.63, 3.8) is 0 Å². The first kappa shape index (κ1) is 19.9. The summed E-state index contributed by atoms with van der Waals surface area (Å²) in [4.78, 5) is 28.9. The maximum atomic E-state index is 12.1. The van der Waals surface area contributed by atoms with Gasteiger partial charge in [-0.25, -0.2) is 0 Å². The minimum atomic E-state index is -0.618. The van der Waals surface area contributed by atoms with Gasteiger partial charge in [0.1, 0.15) is 0 Å². The first-order valence-electron chi connectivity index (χ1n) is 9.15. The van der Waals surface area contributed by atoms with E-state index in [4.69, 9.17) is 0 Å². The fourth-order valence-electron chi connectivity index (χ4n) is 3.30. The van der Waals surface area contributed by atoms with Crippen LogP contribution in [0.25, 0.3) is 0 Å². The predicted octanol–water partition coefficient (Wildman–Crippen LogP) is 3.40. The van der Waals surface area contributed by atoms with Crippen molar-refractivity contribution in [2.24, 2.45) is 0 Å². The van der Waals surface area contributed by atoms with E-state index in [-0.39, 0.29) is 0 Å². The van der Waals surface area contributed by atoms with Crippen LogP contribution in [0.2, 0.25) is 0 Å². The van der Waals surface area contributed by atoms with E-state index < -0.39 is 11.8 Å². The Morgan fingerprint density at radius 1 is 1.15 bits per heavy atom. The third-order valence-corrected chi connectivity index (χ3v) is 6.64. The lowest BCUT2D eigenvalue weighted by molar-refractivity contribution is -0.136. The van der Waals surface area contributed by atoms with Crippen LogP contribution in [0.4, 0.5) is 5.69 Å². The van der Waals surface area contributed by atoms with Crippen LogP contribution in [0.1, 0.15) is 23.6 Å². The number of carbonyl (C=O) groups excluding carboxylic acids is 2. The number of anilines is 1. The van der Waals surface area contributed by atoms with E-state index in [1.54, 1.807) is 6.07 Å². The fraction of sp³-hybridized carbons (Fsp3) is 0.400. The van der Waals surface area contributed by atoms with Crippen molar-refractivity contribution < 1.29 is 9.59 Å². The Labute approximate surface area is 168 Å². The molecular weight excluding hydrogens is 378 g/mol. The van der Waals surface area contributed by atoms with Crippen molar-refractivity contribution in [3.8, 4) is 0 Å². The smallest absolute Gasteiger partial charge is 0.313 e. The zero-order valence-corrected chi connectivity index (χ0v) is 17.1. The number of para-hydroxylation sites is 1. The lowest BCUT2D eigenvalue weighted by Crippen LogP contribution is -2.42. The normalized spacial score (nSPS) is 15.4. The molecule has 0 saturated carbocycles. The Kier molecular flexibility index (Phi) is 7.32. The molecule has 2 aromatic rings. The topological polar surface area (TPSA) is 61.4 Å². The summed E-state index contributed by atoms with van der Waals surface area (Å²) in [6, 6.07) is 11.8.